The smallest absolute Gasteiger partial charge is 0.259 e. The summed E-state index contributed by atoms with van der Waals surface area (Å²) in [5.41, 5.74) is 6.69. The average Bonchev–Trinajstić information content (AvgIpc) is 2.50. The Labute approximate surface area is 147 Å². The number of nitrogens with two attached hydrogens (primary N) is 1. The summed E-state index contributed by atoms with van der Waals surface area (Å²) >= 11 is 12.1. The molecule has 3 aromatic rings. The molecule has 7 heteroatoms. The molecule has 24 heavy (non-hydrogen) atoms. The van der Waals surface area contributed by atoms with Gasteiger partial charge in [0.05, 0.1) is 16.2 Å². The third-order valence-electron chi connectivity index (χ3n) is 3.78. The lowest BCUT2D eigenvalue weighted by Gasteiger charge is -2.17. The zero-order valence-corrected chi connectivity index (χ0v) is 14.5. The average molecular weight is 366 g/mol. The number of rotatable bonds is 2. The molecule has 0 aliphatic rings. The zero-order chi connectivity index (χ0) is 17.6. The monoisotopic (exact) mass is 365 g/mol. The molecule has 0 unspecified atom stereocenters. The molecule has 2 aromatic heterocycles. The number of nitrogens with zero attached hydrogens (tertiary/aromatic N) is 2. The molecule has 1 aromatic carbocycles. The number of nitrogen functional groups attached to an aromatic ring is 1. The molecule has 0 amide bonds. The maximum absolute atomic E-state index is 13.6. The van der Waals surface area contributed by atoms with E-state index in [0.717, 1.165) is 11.5 Å². The van der Waals surface area contributed by atoms with Gasteiger partial charge in [-0.2, -0.15) is 0 Å². The Morgan fingerprint density at radius 3 is 2.54 bits per heavy atom. The summed E-state index contributed by atoms with van der Waals surface area (Å²) in [5.74, 6) is -0.623. The Balaban J connectivity index is 2.43. The standard InChI is InChI=1S/C17H14Cl2FN3O/c1-8(2)23-15-6-16(19)22-7-9(15)3-11(17(23)24)10-4-14(21)13(20)5-12(10)18/h3-8H,21H2,1-2H3. The van der Waals surface area contributed by atoms with Crippen LogP contribution in [0.4, 0.5) is 10.1 Å². The first-order valence-corrected chi connectivity index (χ1v) is 8.01. The fourth-order valence-corrected chi connectivity index (χ4v) is 3.09. The number of halogens is 3. The van der Waals surface area contributed by atoms with Gasteiger partial charge in [-0.3, -0.25) is 4.79 Å². The lowest BCUT2D eigenvalue weighted by atomic mass is 10.0. The highest BCUT2D eigenvalue weighted by Crippen LogP contribution is 2.32. The van der Waals surface area contributed by atoms with E-state index in [2.05, 4.69) is 4.98 Å². The van der Waals surface area contributed by atoms with Crippen LogP contribution in [0.5, 0.6) is 0 Å². The fraction of sp³-hybridized carbons (Fsp3) is 0.176. The molecule has 0 radical (unpaired) electrons. The van der Waals surface area contributed by atoms with Gasteiger partial charge in [-0.1, -0.05) is 23.2 Å². The van der Waals surface area contributed by atoms with Crippen molar-refractivity contribution < 1.29 is 4.39 Å². The van der Waals surface area contributed by atoms with Crippen molar-refractivity contribution in [1.29, 1.82) is 0 Å². The van der Waals surface area contributed by atoms with Gasteiger partial charge in [0.25, 0.3) is 5.56 Å². The molecule has 0 atom stereocenters. The normalized spacial score (nSPS) is 11.4. The maximum Gasteiger partial charge on any atom is 0.259 e. The number of benzene rings is 1. The van der Waals surface area contributed by atoms with E-state index in [1.165, 1.54) is 6.07 Å². The Morgan fingerprint density at radius 2 is 1.88 bits per heavy atom. The predicted molar refractivity (Wildman–Crippen MR) is 96.2 cm³/mol. The number of hydrogen-bond donors (Lipinski definition) is 1. The van der Waals surface area contributed by atoms with E-state index in [0.29, 0.717) is 21.8 Å². The van der Waals surface area contributed by atoms with Gasteiger partial charge >= 0.3 is 0 Å². The minimum Gasteiger partial charge on any atom is -0.396 e. The zero-order valence-electron chi connectivity index (χ0n) is 13.0. The van der Waals surface area contributed by atoms with E-state index >= 15 is 0 Å². The molecule has 2 heterocycles. The Bertz CT molecular complexity index is 1010. The van der Waals surface area contributed by atoms with Gasteiger partial charge in [0.1, 0.15) is 11.0 Å². The van der Waals surface area contributed by atoms with Crippen molar-refractivity contribution in [3.8, 4) is 11.1 Å². The molecular formula is C17H14Cl2FN3O. The predicted octanol–water partition coefficient (Wildman–Crippen LogP) is 4.67. The highest BCUT2D eigenvalue weighted by molar-refractivity contribution is 6.33. The van der Waals surface area contributed by atoms with Gasteiger partial charge in [-0.15, -0.1) is 0 Å². The summed E-state index contributed by atoms with van der Waals surface area (Å²) in [6.07, 6.45) is 1.58. The molecule has 0 aliphatic heterocycles. The van der Waals surface area contributed by atoms with Crippen molar-refractivity contribution in [2.24, 2.45) is 0 Å². The topological polar surface area (TPSA) is 60.9 Å². The maximum atomic E-state index is 13.6. The molecule has 2 N–H and O–H groups in total. The molecule has 0 spiro atoms. The van der Waals surface area contributed by atoms with Crippen molar-refractivity contribution in [3.63, 3.8) is 0 Å². The molecule has 4 nitrogen and oxygen atoms in total. The van der Waals surface area contributed by atoms with Crippen LogP contribution in [-0.4, -0.2) is 9.55 Å². The van der Waals surface area contributed by atoms with E-state index in [1.54, 1.807) is 22.9 Å². The van der Waals surface area contributed by atoms with Gasteiger partial charge in [0, 0.05) is 28.8 Å². The van der Waals surface area contributed by atoms with Crippen LogP contribution >= 0.6 is 23.2 Å². The number of aromatic nitrogens is 2. The second-order valence-corrected chi connectivity index (χ2v) is 6.54. The summed E-state index contributed by atoms with van der Waals surface area (Å²) in [6.45, 7) is 3.78. The van der Waals surface area contributed by atoms with Crippen molar-refractivity contribution in [2.75, 3.05) is 5.73 Å². The quantitative estimate of drug-likeness (QED) is 0.530. The van der Waals surface area contributed by atoms with Crippen molar-refractivity contribution in [2.45, 2.75) is 19.9 Å². The summed E-state index contributed by atoms with van der Waals surface area (Å²) in [4.78, 5) is 17.0. The molecule has 3 rings (SSSR count). The summed E-state index contributed by atoms with van der Waals surface area (Å²) in [6, 6.07) is 5.67. The van der Waals surface area contributed by atoms with Crippen molar-refractivity contribution in [1.82, 2.24) is 9.55 Å². The van der Waals surface area contributed by atoms with Crippen LogP contribution in [-0.2, 0) is 0 Å². The molecule has 124 valence electrons. The lowest BCUT2D eigenvalue weighted by Crippen LogP contribution is -2.24. The summed E-state index contributed by atoms with van der Waals surface area (Å²) in [7, 11) is 0. The molecule has 0 aliphatic carbocycles. The largest absolute Gasteiger partial charge is 0.396 e. The molecule has 0 fully saturated rings. The molecular weight excluding hydrogens is 352 g/mol. The highest BCUT2D eigenvalue weighted by atomic mass is 35.5. The molecule has 0 saturated carbocycles. The number of fused-ring (bicyclic) bond motifs is 1. The lowest BCUT2D eigenvalue weighted by molar-refractivity contribution is 0.601. The van der Waals surface area contributed by atoms with Crippen LogP contribution in [0, 0.1) is 5.82 Å². The summed E-state index contributed by atoms with van der Waals surface area (Å²) < 4.78 is 15.2. The van der Waals surface area contributed by atoms with Crippen LogP contribution in [0.25, 0.3) is 22.0 Å². The van der Waals surface area contributed by atoms with Gasteiger partial charge in [0.2, 0.25) is 0 Å². The SMILES string of the molecule is CC(C)n1c(=O)c(-c2cc(N)c(F)cc2Cl)cc2cnc(Cl)cc21. The Kier molecular flexibility index (Phi) is 4.24. The van der Waals surface area contributed by atoms with Gasteiger partial charge in [-0.25, -0.2) is 9.37 Å². The molecule has 0 saturated heterocycles. The van der Waals surface area contributed by atoms with Crippen LogP contribution in [0.15, 0.2) is 35.3 Å². The second kappa shape index (κ2) is 6.07. The molecule has 0 bridgehead atoms. The van der Waals surface area contributed by atoms with E-state index in [1.807, 2.05) is 13.8 Å². The van der Waals surface area contributed by atoms with E-state index in [4.69, 9.17) is 28.9 Å². The highest BCUT2D eigenvalue weighted by Gasteiger charge is 2.17. The van der Waals surface area contributed by atoms with E-state index < -0.39 is 5.82 Å². The van der Waals surface area contributed by atoms with Crippen LogP contribution in [0.1, 0.15) is 19.9 Å². The Hall–Kier alpha value is -2.11. The van der Waals surface area contributed by atoms with E-state index in [9.17, 15) is 9.18 Å². The number of anilines is 1. The Morgan fingerprint density at radius 1 is 1.17 bits per heavy atom. The van der Waals surface area contributed by atoms with Crippen LogP contribution in [0.2, 0.25) is 10.2 Å². The van der Waals surface area contributed by atoms with Gasteiger partial charge < -0.3 is 10.3 Å². The third-order valence-corrected chi connectivity index (χ3v) is 4.30. The minimum atomic E-state index is -0.623. The number of pyridine rings is 2. The first-order chi connectivity index (χ1) is 11.3. The minimum absolute atomic E-state index is 0.0702. The van der Waals surface area contributed by atoms with Crippen LogP contribution in [0.3, 0.4) is 0 Å². The summed E-state index contributed by atoms with van der Waals surface area (Å²) in [5, 5.41) is 1.14. The van der Waals surface area contributed by atoms with Crippen molar-refractivity contribution >= 4 is 39.8 Å². The fourth-order valence-electron chi connectivity index (χ4n) is 2.68. The van der Waals surface area contributed by atoms with Gasteiger partial charge in [0.15, 0.2) is 0 Å². The first-order valence-electron chi connectivity index (χ1n) is 7.25. The van der Waals surface area contributed by atoms with Crippen molar-refractivity contribution in [3.05, 3.63) is 56.8 Å². The second-order valence-electron chi connectivity index (χ2n) is 5.75. The first kappa shape index (κ1) is 16.7. The van der Waals surface area contributed by atoms with Gasteiger partial charge in [-0.05, 0) is 38.1 Å². The third kappa shape index (κ3) is 2.74. The van der Waals surface area contributed by atoms with Crippen LogP contribution < -0.4 is 11.3 Å². The van der Waals surface area contributed by atoms with E-state index in [-0.39, 0.29) is 22.3 Å². The number of hydrogen-bond acceptors (Lipinski definition) is 3.